The molecule has 0 fully saturated rings. The second-order valence-corrected chi connectivity index (χ2v) is 15.8. The Hall–Kier alpha value is -1.63. The number of carboxylic acids is 1. The number of nitrogens with one attached hydrogen (secondary N) is 1. The van der Waals surface area contributed by atoms with Crippen LogP contribution in [0.1, 0.15) is 251 Å². The molecule has 0 aromatic rings. The zero-order valence-corrected chi connectivity index (χ0v) is 34.7. The molecule has 52 heavy (non-hydrogen) atoms. The van der Waals surface area contributed by atoms with Crippen molar-refractivity contribution < 1.29 is 24.2 Å². The number of carbonyl (C=O) groups excluding carboxylic acids is 2. The van der Waals surface area contributed by atoms with Gasteiger partial charge in [-0.2, -0.15) is 0 Å². The highest BCUT2D eigenvalue weighted by Gasteiger charge is 2.19. The summed E-state index contributed by atoms with van der Waals surface area (Å²) in [6, 6.07) is -0.859. The molecule has 2 atom stereocenters. The van der Waals surface area contributed by atoms with Crippen molar-refractivity contribution in [1.29, 1.82) is 0 Å². The third-order valence-corrected chi connectivity index (χ3v) is 10.7. The van der Waals surface area contributed by atoms with Gasteiger partial charge in [0.1, 0.15) is 12.1 Å². The minimum absolute atomic E-state index is 0.00394. The lowest BCUT2D eigenvalue weighted by Gasteiger charge is -2.18. The average molecular weight is 737 g/mol. The van der Waals surface area contributed by atoms with Gasteiger partial charge in [0.25, 0.3) is 0 Å². The fourth-order valence-corrected chi connectivity index (χ4v) is 7.22. The molecule has 2 unspecified atom stereocenters. The van der Waals surface area contributed by atoms with Crippen molar-refractivity contribution in [2.45, 2.75) is 264 Å². The molecule has 0 aliphatic carbocycles. The van der Waals surface area contributed by atoms with E-state index in [1.54, 1.807) is 0 Å². The lowest BCUT2D eigenvalue weighted by atomic mass is 10.0. The predicted molar refractivity (Wildman–Crippen MR) is 221 cm³/mol. The second kappa shape index (κ2) is 40.6. The van der Waals surface area contributed by atoms with Crippen LogP contribution >= 0.6 is 0 Å². The number of hydrogen-bond acceptors (Lipinski definition) is 5. The van der Waals surface area contributed by atoms with Gasteiger partial charge in [0.2, 0.25) is 5.91 Å². The van der Waals surface area contributed by atoms with Crippen LogP contribution in [0, 0.1) is 0 Å². The molecule has 7 heteroatoms. The van der Waals surface area contributed by atoms with Crippen molar-refractivity contribution in [3.05, 3.63) is 0 Å². The molecule has 0 aromatic carbocycles. The first-order chi connectivity index (χ1) is 25.4. The molecule has 1 amide bonds. The highest BCUT2D eigenvalue weighted by molar-refractivity contribution is 5.83. The Labute approximate surface area is 322 Å². The molecule has 4 N–H and O–H groups in total. The average Bonchev–Trinajstić information content (AvgIpc) is 3.13. The number of aliphatic carboxylic acids is 1. The van der Waals surface area contributed by atoms with Crippen LogP contribution < -0.4 is 11.1 Å². The Balaban J connectivity index is 3.96. The summed E-state index contributed by atoms with van der Waals surface area (Å²) in [6.45, 7) is 4.94. The monoisotopic (exact) mass is 737 g/mol. The highest BCUT2D eigenvalue weighted by Crippen LogP contribution is 2.19. The summed E-state index contributed by atoms with van der Waals surface area (Å²) in [5.41, 5.74) is 5.48. The fraction of sp³-hybridized carbons (Fsp3) is 0.933. The second-order valence-electron chi connectivity index (χ2n) is 15.8. The lowest BCUT2D eigenvalue weighted by molar-refractivity contribution is -0.150. The van der Waals surface area contributed by atoms with Gasteiger partial charge in [0, 0.05) is 12.8 Å². The highest BCUT2D eigenvalue weighted by atomic mass is 16.5. The zero-order chi connectivity index (χ0) is 38.2. The molecule has 0 aliphatic heterocycles. The first-order valence-electron chi connectivity index (χ1n) is 22.9. The Morgan fingerprint density at radius 2 is 0.827 bits per heavy atom. The van der Waals surface area contributed by atoms with E-state index in [2.05, 4.69) is 19.2 Å². The summed E-state index contributed by atoms with van der Waals surface area (Å²) in [6.07, 6.45) is 43.1. The first kappa shape index (κ1) is 50.4. The quantitative estimate of drug-likeness (QED) is 0.0424. The van der Waals surface area contributed by atoms with E-state index in [0.29, 0.717) is 32.2 Å². The summed E-state index contributed by atoms with van der Waals surface area (Å²) in [7, 11) is 0. The van der Waals surface area contributed by atoms with E-state index in [0.717, 1.165) is 57.8 Å². The van der Waals surface area contributed by atoms with Crippen LogP contribution in [0.2, 0.25) is 0 Å². The van der Waals surface area contributed by atoms with E-state index in [1.807, 2.05) is 0 Å². The van der Waals surface area contributed by atoms with Crippen molar-refractivity contribution in [1.82, 2.24) is 5.32 Å². The molecular weight excluding hydrogens is 649 g/mol. The maximum Gasteiger partial charge on any atom is 0.326 e. The third kappa shape index (κ3) is 36.7. The minimum Gasteiger partial charge on any atom is -0.480 e. The summed E-state index contributed by atoms with van der Waals surface area (Å²) in [5.74, 6) is -1.25. The summed E-state index contributed by atoms with van der Waals surface area (Å²) < 4.78 is 6.00. The number of rotatable bonds is 42. The number of ether oxygens (including phenoxy) is 1. The van der Waals surface area contributed by atoms with Crippen molar-refractivity contribution in [3.8, 4) is 0 Å². The number of carbonyl (C=O) groups is 3. The van der Waals surface area contributed by atoms with Gasteiger partial charge in [-0.05, 0) is 57.9 Å². The zero-order valence-electron chi connectivity index (χ0n) is 34.7. The van der Waals surface area contributed by atoms with Crippen LogP contribution in [-0.4, -0.2) is 41.6 Å². The summed E-state index contributed by atoms with van der Waals surface area (Å²) in [4.78, 5) is 36.3. The maximum atomic E-state index is 12.7. The SMILES string of the molecule is CCCCCCCCCCCCCCCCCCCCCCCC(=O)OC(CCCCCCCC)CCCCCCC(=O)NC(CCCN)C(=O)O. The molecule has 0 rings (SSSR count). The predicted octanol–water partition coefficient (Wildman–Crippen LogP) is 12.9. The molecule has 0 saturated carbocycles. The molecule has 308 valence electrons. The molecule has 0 spiro atoms. The van der Waals surface area contributed by atoms with Crippen molar-refractivity contribution >= 4 is 17.8 Å². The fourth-order valence-electron chi connectivity index (χ4n) is 7.22. The van der Waals surface area contributed by atoms with E-state index in [4.69, 9.17) is 10.5 Å². The summed E-state index contributed by atoms with van der Waals surface area (Å²) >= 11 is 0. The van der Waals surface area contributed by atoms with E-state index in [1.165, 1.54) is 154 Å². The molecule has 0 heterocycles. The maximum absolute atomic E-state index is 12.7. The van der Waals surface area contributed by atoms with Gasteiger partial charge in [-0.3, -0.25) is 9.59 Å². The molecule has 0 saturated heterocycles. The minimum atomic E-state index is -1.01. The lowest BCUT2D eigenvalue weighted by Crippen LogP contribution is -2.40. The summed E-state index contributed by atoms with van der Waals surface area (Å²) in [5, 5.41) is 11.9. The molecular formula is C45H88N2O5. The third-order valence-electron chi connectivity index (χ3n) is 10.7. The standard InChI is InChI=1S/C45H88N2O5/c1-3-5-7-9-11-12-13-14-15-16-17-18-19-20-21-22-23-24-25-27-33-39-44(49)52-41(35-30-26-10-8-6-4-2)36-31-28-29-32-38-43(48)47-42(45(50)51)37-34-40-46/h41-42H,3-40,46H2,1-2H3,(H,47,48)(H,50,51). The van der Waals surface area contributed by atoms with Gasteiger partial charge in [0.15, 0.2) is 0 Å². The largest absolute Gasteiger partial charge is 0.480 e. The molecule has 0 aromatic heterocycles. The number of hydrogen-bond donors (Lipinski definition) is 3. The van der Waals surface area contributed by atoms with Crippen LogP contribution in [0.4, 0.5) is 0 Å². The Morgan fingerprint density at radius 3 is 1.19 bits per heavy atom. The normalized spacial score (nSPS) is 12.5. The van der Waals surface area contributed by atoms with Crippen LogP contribution in [-0.2, 0) is 19.1 Å². The van der Waals surface area contributed by atoms with Gasteiger partial charge in [-0.1, -0.05) is 187 Å². The number of esters is 1. The van der Waals surface area contributed by atoms with E-state index in [-0.39, 0.29) is 18.0 Å². The smallest absolute Gasteiger partial charge is 0.326 e. The number of carboxylic acid groups (broad SMARTS) is 1. The van der Waals surface area contributed by atoms with Gasteiger partial charge in [0.05, 0.1) is 0 Å². The van der Waals surface area contributed by atoms with E-state index in [9.17, 15) is 19.5 Å². The van der Waals surface area contributed by atoms with Crippen molar-refractivity contribution in [2.24, 2.45) is 5.73 Å². The van der Waals surface area contributed by atoms with Crippen molar-refractivity contribution in [2.75, 3.05) is 6.54 Å². The molecule has 0 aliphatic rings. The molecule has 0 radical (unpaired) electrons. The van der Waals surface area contributed by atoms with Gasteiger partial charge in [-0.25, -0.2) is 4.79 Å². The Kier molecular flexibility index (Phi) is 39.3. The Bertz CT molecular complexity index is 792. The molecule has 7 nitrogen and oxygen atoms in total. The van der Waals surface area contributed by atoms with Gasteiger partial charge in [-0.15, -0.1) is 0 Å². The molecule has 0 bridgehead atoms. The first-order valence-corrected chi connectivity index (χ1v) is 22.9. The van der Waals surface area contributed by atoms with Crippen LogP contribution in [0.5, 0.6) is 0 Å². The van der Waals surface area contributed by atoms with Crippen molar-refractivity contribution in [3.63, 3.8) is 0 Å². The van der Waals surface area contributed by atoms with Gasteiger partial charge < -0.3 is 20.9 Å². The van der Waals surface area contributed by atoms with Gasteiger partial charge >= 0.3 is 11.9 Å². The number of nitrogens with two attached hydrogens (primary N) is 1. The Morgan fingerprint density at radius 1 is 0.481 bits per heavy atom. The van der Waals surface area contributed by atoms with E-state index < -0.39 is 12.0 Å². The van der Waals surface area contributed by atoms with E-state index >= 15 is 0 Å². The van der Waals surface area contributed by atoms with Crippen LogP contribution in [0.3, 0.4) is 0 Å². The topological polar surface area (TPSA) is 119 Å². The van der Waals surface area contributed by atoms with Crippen LogP contribution in [0.25, 0.3) is 0 Å². The van der Waals surface area contributed by atoms with Crippen LogP contribution in [0.15, 0.2) is 0 Å². The number of amides is 1. The number of unbranched alkanes of at least 4 members (excludes halogenated alkanes) is 28.